The van der Waals surface area contributed by atoms with Gasteiger partial charge in [-0.05, 0) is 47.5 Å². The summed E-state index contributed by atoms with van der Waals surface area (Å²) in [4.78, 5) is 26.3. The molecule has 3 rings (SSSR count). The second-order valence-electron chi connectivity index (χ2n) is 5.98. The van der Waals surface area contributed by atoms with E-state index in [1.165, 1.54) is 4.90 Å². The van der Waals surface area contributed by atoms with Gasteiger partial charge in [0.2, 0.25) is 11.8 Å². The van der Waals surface area contributed by atoms with Crippen molar-refractivity contribution in [3.8, 4) is 11.5 Å². The van der Waals surface area contributed by atoms with Gasteiger partial charge >= 0.3 is 0 Å². The van der Waals surface area contributed by atoms with E-state index < -0.39 is 0 Å². The Hall–Kier alpha value is -2.99. The number of anilines is 1. The van der Waals surface area contributed by atoms with Crippen molar-refractivity contribution in [2.45, 2.75) is 6.42 Å². The van der Waals surface area contributed by atoms with Crippen LogP contribution in [-0.2, 0) is 16.0 Å². The van der Waals surface area contributed by atoms with Crippen LogP contribution in [0.5, 0.6) is 11.5 Å². The first-order chi connectivity index (χ1) is 13.0. The highest BCUT2D eigenvalue weighted by Crippen LogP contribution is 2.32. The Morgan fingerprint density at radius 3 is 2.63 bits per heavy atom. The van der Waals surface area contributed by atoms with Gasteiger partial charge in [0, 0.05) is 16.9 Å². The molecule has 27 heavy (non-hydrogen) atoms. The van der Waals surface area contributed by atoms with Crippen LogP contribution in [0.2, 0.25) is 5.02 Å². The summed E-state index contributed by atoms with van der Waals surface area (Å²) >= 11 is 5.92. The first kappa shape index (κ1) is 18.8. The van der Waals surface area contributed by atoms with Crippen molar-refractivity contribution in [2.75, 3.05) is 26.1 Å². The number of rotatable bonds is 5. The number of hydrogen-bond donors (Lipinski definition) is 1. The topological polar surface area (TPSA) is 67.9 Å². The monoisotopic (exact) mass is 386 g/mol. The molecule has 7 heteroatoms. The number of hydrogen-bond acceptors (Lipinski definition) is 4. The van der Waals surface area contributed by atoms with Crippen LogP contribution >= 0.6 is 11.6 Å². The zero-order chi connectivity index (χ0) is 19.4. The average Bonchev–Trinajstić information content (AvgIpc) is 2.79. The summed E-state index contributed by atoms with van der Waals surface area (Å²) in [6.45, 7) is -0.0931. The highest BCUT2D eigenvalue weighted by Gasteiger charge is 2.21. The molecule has 6 nitrogen and oxygen atoms in total. The van der Waals surface area contributed by atoms with Crippen molar-refractivity contribution in [1.29, 1.82) is 0 Å². The molecular weight excluding hydrogens is 368 g/mol. The predicted octanol–water partition coefficient (Wildman–Crippen LogP) is 3.35. The fourth-order valence-electron chi connectivity index (χ4n) is 2.83. The Kier molecular flexibility index (Phi) is 5.66. The normalized spacial score (nSPS) is 13.0. The maximum Gasteiger partial charge on any atom is 0.244 e. The Balaban J connectivity index is 1.74. The lowest BCUT2D eigenvalue weighted by molar-refractivity contribution is -0.131. The van der Waals surface area contributed by atoms with Crippen LogP contribution in [-0.4, -0.2) is 37.5 Å². The third-order valence-corrected chi connectivity index (χ3v) is 4.40. The van der Waals surface area contributed by atoms with Crippen molar-refractivity contribution in [3.05, 3.63) is 58.7 Å². The summed E-state index contributed by atoms with van der Waals surface area (Å²) in [5.74, 6) is 0.653. The van der Waals surface area contributed by atoms with E-state index in [1.807, 2.05) is 6.07 Å². The van der Waals surface area contributed by atoms with Crippen molar-refractivity contribution < 1.29 is 19.1 Å². The lowest BCUT2D eigenvalue weighted by atomic mass is 10.0. The molecule has 2 amide bonds. The highest BCUT2D eigenvalue weighted by molar-refractivity contribution is 6.30. The number of ether oxygens (including phenoxy) is 2. The van der Waals surface area contributed by atoms with E-state index in [0.29, 0.717) is 22.2 Å². The van der Waals surface area contributed by atoms with Crippen molar-refractivity contribution in [2.24, 2.45) is 0 Å². The third-order valence-electron chi connectivity index (χ3n) is 4.16. The van der Waals surface area contributed by atoms with Gasteiger partial charge in [0.25, 0.3) is 0 Å². The summed E-state index contributed by atoms with van der Waals surface area (Å²) in [7, 11) is 3.10. The molecule has 2 aromatic rings. The number of nitrogens with one attached hydrogen (secondary N) is 1. The molecule has 0 saturated heterocycles. The Morgan fingerprint density at radius 1 is 1.19 bits per heavy atom. The first-order valence-electron chi connectivity index (χ1n) is 8.28. The Labute approximate surface area is 162 Å². The third kappa shape index (κ3) is 4.41. The maximum atomic E-state index is 12.6. The molecule has 1 N–H and O–H groups in total. The van der Waals surface area contributed by atoms with Gasteiger partial charge in [0.15, 0.2) is 11.5 Å². The van der Waals surface area contributed by atoms with Crippen LogP contribution in [0.3, 0.4) is 0 Å². The molecule has 0 saturated carbocycles. The van der Waals surface area contributed by atoms with E-state index in [9.17, 15) is 9.59 Å². The van der Waals surface area contributed by atoms with Crippen molar-refractivity contribution >= 4 is 35.2 Å². The standard InChI is InChI=1S/C20H19ClN2O4/c1-26-17-8-13-6-7-23(20(25)10-14(13)9-18(17)27-2)12-19(24)22-16-5-3-4-15(21)11-16/h3-9,11H,10,12H2,1-2H3,(H,22,24). The van der Waals surface area contributed by atoms with E-state index in [0.717, 1.165) is 11.1 Å². The van der Waals surface area contributed by atoms with Gasteiger partial charge in [-0.1, -0.05) is 17.7 Å². The quantitative estimate of drug-likeness (QED) is 0.855. The van der Waals surface area contributed by atoms with E-state index in [4.69, 9.17) is 21.1 Å². The van der Waals surface area contributed by atoms with E-state index >= 15 is 0 Å². The molecule has 0 bridgehead atoms. The molecule has 0 spiro atoms. The van der Waals surface area contributed by atoms with Crippen LogP contribution in [0.1, 0.15) is 11.1 Å². The van der Waals surface area contributed by atoms with Gasteiger partial charge in [0.1, 0.15) is 6.54 Å². The predicted molar refractivity (Wildman–Crippen MR) is 104 cm³/mol. The number of halogens is 1. The number of amides is 2. The summed E-state index contributed by atoms with van der Waals surface area (Å²) in [6.07, 6.45) is 3.56. The summed E-state index contributed by atoms with van der Waals surface area (Å²) in [6, 6.07) is 10.4. The fourth-order valence-corrected chi connectivity index (χ4v) is 3.02. The lowest BCUT2D eigenvalue weighted by Crippen LogP contribution is -2.34. The Morgan fingerprint density at radius 2 is 1.93 bits per heavy atom. The number of methoxy groups -OCH3 is 2. The largest absolute Gasteiger partial charge is 0.493 e. The minimum atomic E-state index is -0.309. The molecule has 140 valence electrons. The molecule has 0 radical (unpaired) electrons. The van der Waals surface area contributed by atoms with Gasteiger partial charge in [-0.15, -0.1) is 0 Å². The van der Waals surface area contributed by atoms with Crippen LogP contribution in [0.4, 0.5) is 5.69 Å². The summed E-state index contributed by atoms with van der Waals surface area (Å²) < 4.78 is 10.6. The first-order valence-corrected chi connectivity index (χ1v) is 8.66. The fraction of sp³-hybridized carbons (Fsp3) is 0.200. The van der Waals surface area contributed by atoms with E-state index in [2.05, 4.69) is 5.32 Å². The smallest absolute Gasteiger partial charge is 0.244 e. The SMILES string of the molecule is COc1cc2c(cc1OC)CC(=O)N(CC(=O)Nc1cccc(Cl)c1)C=C2. The molecule has 0 aromatic heterocycles. The minimum absolute atomic E-state index is 0.0931. The van der Waals surface area contributed by atoms with E-state index in [-0.39, 0.29) is 24.8 Å². The molecule has 1 heterocycles. The number of carbonyl (C=O) groups is 2. The van der Waals surface area contributed by atoms with Crippen LogP contribution < -0.4 is 14.8 Å². The summed E-state index contributed by atoms with van der Waals surface area (Å²) in [5, 5.41) is 3.26. The second-order valence-corrected chi connectivity index (χ2v) is 6.42. The second kappa shape index (κ2) is 8.14. The molecular formula is C20H19ClN2O4. The molecule has 1 aliphatic rings. The zero-order valence-electron chi connectivity index (χ0n) is 15.0. The van der Waals surface area contributed by atoms with Crippen LogP contribution in [0.15, 0.2) is 42.6 Å². The van der Waals surface area contributed by atoms with Gasteiger partial charge in [-0.25, -0.2) is 0 Å². The van der Waals surface area contributed by atoms with Crippen LogP contribution in [0.25, 0.3) is 6.08 Å². The molecule has 0 unspecified atom stereocenters. The lowest BCUT2D eigenvalue weighted by Gasteiger charge is -2.17. The molecule has 0 aliphatic carbocycles. The van der Waals surface area contributed by atoms with Gasteiger partial charge < -0.3 is 19.7 Å². The number of fused-ring (bicyclic) bond motifs is 1. The summed E-state index contributed by atoms with van der Waals surface area (Å²) in [5.41, 5.74) is 2.24. The molecule has 0 atom stereocenters. The molecule has 1 aliphatic heterocycles. The minimum Gasteiger partial charge on any atom is -0.493 e. The van der Waals surface area contributed by atoms with Crippen molar-refractivity contribution in [1.82, 2.24) is 4.90 Å². The van der Waals surface area contributed by atoms with Crippen LogP contribution in [0, 0.1) is 0 Å². The van der Waals surface area contributed by atoms with Crippen molar-refractivity contribution in [3.63, 3.8) is 0 Å². The molecule has 0 fully saturated rings. The van der Waals surface area contributed by atoms with Gasteiger partial charge in [-0.3, -0.25) is 9.59 Å². The Bertz CT molecular complexity index is 911. The van der Waals surface area contributed by atoms with E-state index in [1.54, 1.807) is 56.8 Å². The van der Waals surface area contributed by atoms with Gasteiger partial charge in [-0.2, -0.15) is 0 Å². The van der Waals surface area contributed by atoms with Gasteiger partial charge in [0.05, 0.1) is 20.6 Å². The highest BCUT2D eigenvalue weighted by atomic mass is 35.5. The number of nitrogens with zero attached hydrogens (tertiary/aromatic N) is 1. The molecule has 2 aromatic carbocycles. The zero-order valence-corrected chi connectivity index (χ0v) is 15.7. The number of carbonyl (C=O) groups excluding carboxylic acids is 2. The number of benzene rings is 2. The maximum absolute atomic E-state index is 12.6. The average molecular weight is 387 g/mol.